The molecule has 1 fully saturated rings. The van der Waals surface area contributed by atoms with Gasteiger partial charge in [0, 0.05) is 11.4 Å². The lowest BCUT2D eigenvalue weighted by Gasteiger charge is -2.20. The van der Waals surface area contributed by atoms with Crippen molar-refractivity contribution in [3.05, 3.63) is 23.3 Å². The maximum absolute atomic E-state index is 10.9. The molecule has 0 radical (unpaired) electrons. The molecule has 0 unspecified atom stereocenters. The minimum Gasteiger partial charge on any atom is -0.478 e. The normalized spacial score (nSPS) is 16.7. The topological polar surface area (TPSA) is 63.1 Å². The molecule has 5 heteroatoms. The first-order valence-corrected chi connectivity index (χ1v) is 7.39. The third kappa shape index (κ3) is 3.45. The lowest BCUT2D eigenvalue weighted by Crippen LogP contribution is -2.10. The van der Waals surface area contributed by atoms with Crippen LogP contribution in [0.4, 0.5) is 0 Å². The van der Waals surface area contributed by atoms with Crippen LogP contribution in [0, 0.1) is 6.92 Å². The van der Waals surface area contributed by atoms with Crippen molar-refractivity contribution in [1.82, 2.24) is 9.97 Å². The van der Waals surface area contributed by atoms with Crippen molar-refractivity contribution in [3.8, 4) is 0 Å². The van der Waals surface area contributed by atoms with Crippen LogP contribution in [0.25, 0.3) is 0 Å². The maximum Gasteiger partial charge on any atom is 0.339 e. The lowest BCUT2D eigenvalue weighted by atomic mass is 10.0. The number of carbonyl (C=O) groups is 1. The number of nitrogens with zero attached hydrogens (tertiary/aromatic N) is 2. The van der Waals surface area contributed by atoms with Crippen LogP contribution in [-0.2, 0) is 5.75 Å². The summed E-state index contributed by atoms with van der Waals surface area (Å²) < 4.78 is 0. The second-order valence-corrected chi connectivity index (χ2v) is 5.95. The highest BCUT2D eigenvalue weighted by atomic mass is 32.2. The Morgan fingerprint density at radius 1 is 1.44 bits per heavy atom. The van der Waals surface area contributed by atoms with Gasteiger partial charge >= 0.3 is 5.97 Å². The van der Waals surface area contributed by atoms with Crippen LogP contribution in [0.2, 0.25) is 0 Å². The highest BCUT2D eigenvalue weighted by Crippen LogP contribution is 2.29. The summed E-state index contributed by atoms with van der Waals surface area (Å²) in [6.45, 7) is 1.72. The molecule has 1 saturated carbocycles. The van der Waals surface area contributed by atoms with Crippen LogP contribution in [0.15, 0.2) is 6.20 Å². The summed E-state index contributed by atoms with van der Waals surface area (Å²) in [5, 5.41) is 9.63. The number of hydrogen-bond donors (Lipinski definition) is 1. The molecular weight excluding hydrogens is 248 g/mol. The summed E-state index contributed by atoms with van der Waals surface area (Å²) in [7, 11) is 0. The van der Waals surface area contributed by atoms with Gasteiger partial charge in [-0.1, -0.05) is 19.3 Å². The first kappa shape index (κ1) is 13.3. The molecule has 1 aliphatic carbocycles. The molecule has 0 spiro atoms. The van der Waals surface area contributed by atoms with E-state index < -0.39 is 5.97 Å². The number of aryl methyl sites for hydroxylation is 1. The van der Waals surface area contributed by atoms with Crippen molar-refractivity contribution < 1.29 is 9.90 Å². The average molecular weight is 266 g/mol. The Hall–Kier alpha value is -1.10. The molecule has 0 amide bonds. The van der Waals surface area contributed by atoms with Gasteiger partial charge in [0.25, 0.3) is 0 Å². The number of hydrogen-bond acceptors (Lipinski definition) is 4. The van der Waals surface area contributed by atoms with Gasteiger partial charge in [0.15, 0.2) is 0 Å². The molecule has 4 nitrogen and oxygen atoms in total. The number of aromatic carboxylic acids is 1. The predicted octanol–water partition coefficient (Wildman–Crippen LogP) is 3.05. The molecule has 1 aliphatic rings. The van der Waals surface area contributed by atoms with Crippen molar-refractivity contribution in [2.75, 3.05) is 0 Å². The SMILES string of the molecule is Cc1nc(CSC2CCCCC2)ncc1C(=O)O. The molecule has 1 heterocycles. The van der Waals surface area contributed by atoms with Gasteiger partial charge < -0.3 is 5.11 Å². The fourth-order valence-corrected chi connectivity index (χ4v) is 3.41. The van der Waals surface area contributed by atoms with Crippen LogP contribution in [0.3, 0.4) is 0 Å². The van der Waals surface area contributed by atoms with Crippen molar-refractivity contribution in [1.29, 1.82) is 0 Å². The van der Waals surface area contributed by atoms with Gasteiger partial charge in [0.2, 0.25) is 0 Å². The average Bonchev–Trinajstić information content (AvgIpc) is 2.37. The summed E-state index contributed by atoms with van der Waals surface area (Å²) in [6, 6.07) is 0. The zero-order valence-electron chi connectivity index (χ0n) is 10.6. The number of rotatable bonds is 4. The maximum atomic E-state index is 10.9. The Morgan fingerprint density at radius 3 is 2.78 bits per heavy atom. The molecule has 1 N–H and O–H groups in total. The highest BCUT2D eigenvalue weighted by molar-refractivity contribution is 7.99. The van der Waals surface area contributed by atoms with E-state index in [1.54, 1.807) is 6.92 Å². The van der Waals surface area contributed by atoms with E-state index in [1.165, 1.54) is 38.3 Å². The monoisotopic (exact) mass is 266 g/mol. The van der Waals surface area contributed by atoms with E-state index in [2.05, 4.69) is 9.97 Å². The predicted molar refractivity (Wildman–Crippen MR) is 71.9 cm³/mol. The van der Waals surface area contributed by atoms with Crippen LogP contribution in [-0.4, -0.2) is 26.3 Å². The number of aromatic nitrogens is 2. The van der Waals surface area contributed by atoms with Gasteiger partial charge in [0.1, 0.15) is 5.82 Å². The number of thioether (sulfide) groups is 1. The van der Waals surface area contributed by atoms with Crippen molar-refractivity contribution in [3.63, 3.8) is 0 Å². The first-order valence-electron chi connectivity index (χ1n) is 6.34. The van der Waals surface area contributed by atoms with Gasteiger partial charge in [-0.3, -0.25) is 0 Å². The van der Waals surface area contributed by atoms with E-state index in [-0.39, 0.29) is 5.56 Å². The molecule has 98 valence electrons. The van der Waals surface area contributed by atoms with Gasteiger partial charge in [-0.05, 0) is 19.8 Å². The minimum absolute atomic E-state index is 0.196. The van der Waals surface area contributed by atoms with Crippen molar-refractivity contribution >= 4 is 17.7 Å². The number of carboxylic acids is 1. The van der Waals surface area contributed by atoms with E-state index in [1.807, 2.05) is 11.8 Å². The Kier molecular flexibility index (Phi) is 4.58. The van der Waals surface area contributed by atoms with E-state index in [9.17, 15) is 4.79 Å². The Morgan fingerprint density at radius 2 is 2.17 bits per heavy atom. The van der Waals surface area contributed by atoms with E-state index in [0.717, 1.165) is 16.8 Å². The minimum atomic E-state index is -0.959. The number of carboxylic acid groups (broad SMARTS) is 1. The summed E-state index contributed by atoms with van der Waals surface area (Å²) in [5.41, 5.74) is 0.748. The van der Waals surface area contributed by atoms with E-state index >= 15 is 0 Å². The molecule has 0 atom stereocenters. The van der Waals surface area contributed by atoms with Crippen LogP contribution >= 0.6 is 11.8 Å². The third-order valence-electron chi connectivity index (χ3n) is 3.26. The van der Waals surface area contributed by atoms with Gasteiger partial charge in [0.05, 0.1) is 17.0 Å². The summed E-state index contributed by atoms with van der Waals surface area (Å²) in [4.78, 5) is 19.3. The standard InChI is InChI=1S/C13H18N2O2S/c1-9-11(13(16)17)7-14-12(15-9)8-18-10-5-3-2-4-6-10/h7,10H,2-6,8H2,1H3,(H,16,17). The van der Waals surface area contributed by atoms with Crippen molar-refractivity contribution in [2.45, 2.75) is 50.0 Å². The smallest absolute Gasteiger partial charge is 0.339 e. The Bertz CT molecular complexity index is 431. The Labute approximate surface area is 111 Å². The van der Waals surface area contributed by atoms with Crippen LogP contribution < -0.4 is 0 Å². The highest BCUT2D eigenvalue weighted by Gasteiger charge is 2.15. The second kappa shape index (κ2) is 6.18. The van der Waals surface area contributed by atoms with Crippen LogP contribution in [0.1, 0.15) is 54.0 Å². The Balaban J connectivity index is 1.93. The van der Waals surface area contributed by atoms with E-state index in [0.29, 0.717) is 5.69 Å². The second-order valence-electron chi connectivity index (χ2n) is 4.66. The van der Waals surface area contributed by atoms with Crippen LogP contribution in [0.5, 0.6) is 0 Å². The molecular formula is C13H18N2O2S. The molecule has 18 heavy (non-hydrogen) atoms. The van der Waals surface area contributed by atoms with Gasteiger partial charge in [-0.15, -0.1) is 0 Å². The summed E-state index contributed by atoms with van der Waals surface area (Å²) in [5.74, 6) is 0.567. The lowest BCUT2D eigenvalue weighted by molar-refractivity contribution is 0.0695. The summed E-state index contributed by atoms with van der Waals surface area (Å²) >= 11 is 1.90. The molecule has 1 aromatic rings. The molecule has 2 rings (SSSR count). The largest absolute Gasteiger partial charge is 0.478 e. The molecule has 0 aromatic carbocycles. The molecule has 0 bridgehead atoms. The fourth-order valence-electron chi connectivity index (χ4n) is 2.22. The molecule has 1 aromatic heterocycles. The zero-order valence-corrected chi connectivity index (χ0v) is 11.4. The van der Waals surface area contributed by atoms with E-state index in [4.69, 9.17) is 5.11 Å². The summed E-state index contributed by atoms with van der Waals surface area (Å²) in [6.07, 6.45) is 8.01. The van der Waals surface area contributed by atoms with Gasteiger partial charge in [-0.2, -0.15) is 11.8 Å². The molecule has 0 aliphatic heterocycles. The van der Waals surface area contributed by atoms with Gasteiger partial charge in [-0.25, -0.2) is 14.8 Å². The fraction of sp³-hybridized carbons (Fsp3) is 0.615. The zero-order chi connectivity index (χ0) is 13.0. The first-order chi connectivity index (χ1) is 8.66. The molecule has 0 saturated heterocycles. The quantitative estimate of drug-likeness (QED) is 0.907. The third-order valence-corrected chi connectivity index (χ3v) is 4.63. The van der Waals surface area contributed by atoms with Crippen molar-refractivity contribution in [2.24, 2.45) is 0 Å².